The summed E-state index contributed by atoms with van der Waals surface area (Å²) < 4.78 is 24.6. The third kappa shape index (κ3) is 5.16. The monoisotopic (exact) mass is 415 g/mol. The maximum atomic E-state index is 11.3. The van der Waals surface area contributed by atoms with Gasteiger partial charge in [0.2, 0.25) is 10.0 Å². The second-order valence-electron chi connectivity index (χ2n) is 6.43. The molecule has 146 valence electrons. The Morgan fingerprint density at radius 2 is 1.75 bits per heavy atom. The van der Waals surface area contributed by atoms with E-state index in [0.717, 1.165) is 22.6 Å². The summed E-state index contributed by atoms with van der Waals surface area (Å²) in [5, 5.41) is 16.1. The number of aromatic nitrogens is 2. The van der Waals surface area contributed by atoms with Crippen molar-refractivity contribution in [1.82, 2.24) is 9.78 Å². The highest BCUT2D eigenvalue weighted by Crippen LogP contribution is 2.16. The third-order valence-corrected chi connectivity index (χ3v) is 5.19. The van der Waals surface area contributed by atoms with E-state index in [1.54, 1.807) is 12.1 Å². The Kier molecular flexibility index (Phi) is 5.78. The molecule has 0 saturated carbocycles. The van der Waals surface area contributed by atoms with Crippen LogP contribution in [0.3, 0.4) is 0 Å². The van der Waals surface area contributed by atoms with Crippen molar-refractivity contribution in [3.8, 4) is 0 Å². The fourth-order valence-corrected chi connectivity index (χ4v) is 3.53. The largest absolute Gasteiger partial charge is 0.332 e. The Morgan fingerprint density at radius 3 is 2.36 bits per heavy atom. The lowest BCUT2D eigenvalue weighted by Crippen LogP contribution is -2.19. The van der Waals surface area contributed by atoms with Gasteiger partial charge in [-0.05, 0) is 74.1 Å². The van der Waals surface area contributed by atoms with E-state index >= 15 is 0 Å². The number of nitrogens with two attached hydrogens (primary N) is 1. The molecule has 0 saturated heterocycles. The Bertz CT molecular complexity index is 1110. The molecule has 9 heteroatoms. The van der Waals surface area contributed by atoms with Crippen molar-refractivity contribution in [3.63, 3.8) is 0 Å². The van der Waals surface area contributed by atoms with Gasteiger partial charge in [0.15, 0.2) is 5.11 Å². The highest BCUT2D eigenvalue weighted by atomic mass is 32.2. The second-order valence-corrected chi connectivity index (χ2v) is 8.40. The van der Waals surface area contributed by atoms with E-state index in [1.165, 1.54) is 12.1 Å². The minimum atomic E-state index is -3.71. The fraction of sp³-hybridized carbons (Fsp3) is 0.158. The predicted molar refractivity (Wildman–Crippen MR) is 115 cm³/mol. The van der Waals surface area contributed by atoms with E-state index in [-0.39, 0.29) is 4.90 Å². The summed E-state index contributed by atoms with van der Waals surface area (Å²) in [4.78, 5) is 0.0498. The van der Waals surface area contributed by atoms with Crippen molar-refractivity contribution in [2.75, 3.05) is 10.6 Å². The summed E-state index contributed by atoms with van der Waals surface area (Å²) in [5.41, 5.74) is 4.69. The van der Waals surface area contributed by atoms with Gasteiger partial charge in [0.05, 0.1) is 17.1 Å². The molecule has 0 aliphatic carbocycles. The van der Waals surface area contributed by atoms with E-state index in [1.807, 2.05) is 48.9 Å². The molecule has 2 aromatic carbocycles. The molecule has 0 radical (unpaired) electrons. The van der Waals surface area contributed by atoms with Gasteiger partial charge >= 0.3 is 0 Å². The Labute approximate surface area is 169 Å². The van der Waals surface area contributed by atoms with Gasteiger partial charge in [-0.3, -0.25) is 4.68 Å². The van der Waals surface area contributed by atoms with E-state index < -0.39 is 10.0 Å². The summed E-state index contributed by atoms with van der Waals surface area (Å²) in [6.07, 6.45) is 0. The van der Waals surface area contributed by atoms with Crippen molar-refractivity contribution in [2.24, 2.45) is 5.14 Å². The van der Waals surface area contributed by atoms with Crippen LogP contribution in [0.25, 0.3) is 0 Å². The summed E-state index contributed by atoms with van der Waals surface area (Å²) >= 11 is 5.34. The molecule has 0 aliphatic heterocycles. The molecule has 0 amide bonds. The number of anilines is 2. The van der Waals surface area contributed by atoms with Gasteiger partial charge in [-0.1, -0.05) is 12.1 Å². The van der Waals surface area contributed by atoms with Gasteiger partial charge < -0.3 is 10.6 Å². The minimum absolute atomic E-state index is 0.0498. The van der Waals surface area contributed by atoms with Crippen LogP contribution in [0.5, 0.6) is 0 Å². The molecule has 0 spiro atoms. The minimum Gasteiger partial charge on any atom is -0.332 e. The average molecular weight is 416 g/mol. The molecule has 3 aromatic rings. The van der Waals surface area contributed by atoms with Crippen molar-refractivity contribution in [1.29, 1.82) is 0 Å². The van der Waals surface area contributed by atoms with Gasteiger partial charge in [0.25, 0.3) is 0 Å². The standard InChI is InChI=1S/C19H21N5O2S2/c1-13-10-14(2)24(23-13)12-15-4-3-5-17(11-15)22-19(27)21-16-6-8-18(9-7-16)28(20,25)26/h3-11H,12H2,1-2H3,(H2,20,25,26)(H2,21,22,27). The topological polar surface area (TPSA) is 102 Å². The summed E-state index contributed by atoms with van der Waals surface area (Å²) in [6, 6.07) is 16.0. The Balaban J connectivity index is 1.65. The van der Waals surface area contributed by atoms with Crippen LogP contribution in [0.4, 0.5) is 11.4 Å². The maximum Gasteiger partial charge on any atom is 0.238 e. The predicted octanol–water partition coefficient (Wildman–Crippen LogP) is 3.00. The fourth-order valence-electron chi connectivity index (χ4n) is 2.78. The first-order valence-corrected chi connectivity index (χ1v) is 10.5. The van der Waals surface area contributed by atoms with Crippen molar-refractivity contribution >= 4 is 38.7 Å². The molecule has 0 bridgehead atoms. The number of nitrogens with zero attached hydrogens (tertiary/aromatic N) is 2. The molecule has 0 atom stereocenters. The Morgan fingerprint density at radius 1 is 1.07 bits per heavy atom. The van der Waals surface area contributed by atoms with Crippen LogP contribution in [0.1, 0.15) is 17.0 Å². The number of aryl methyl sites for hydroxylation is 2. The summed E-state index contributed by atoms with van der Waals surface area (Å²) in [6.45, 7) is 4.67. The van der Waals surface area contributed by atoms with Crippen molar-refractivity contribution < 1.29 is 8.42 Å². The van der Waals surface area contributed by atoms with Crippen LogP contribution >= 0.6 is 12.2 Å². The van der Waals surface area contributed by atoms with E-state index in [0.29, 0.717) is 17.3 Å². The summed E-state index contributed by atoms with van der Waals surface area (Å²) in [7, 11) is -3.71. The Hall–Kier alpha value is -2.75. The van der Waals surface area contributed by atoms with Crippen LogP contribution in [-0.4, -0.2) is 23.3 Å². The van der Waals surface area contributed by atoms with Crippen molar-refractivity contribution in [3.05, 3.63) is 71.5 Å². The normalized spacial score (nSPS) is 11.2. The lowest BCUT2D eigenvalue weighted by molar-refractivity contribution is 0.598. The molecular weight excluding hydrogens is 394 g/mol. The second kappa shape index (κ2) is 8.09. The van der Waals surface area contributed by atoms with Crippen LogP contribution in [-0.2, 0) is 16.6 Å². The molecule has 7 nitrogen and oxygen atoms in total. The SMILES string of the molecule is Cc1cc(C)n(Cc2cccc(NC(=S)Nc3ccc(S(N)(=O)=O)cc3)c2)n1. The first-order chi connectivity index (χ1) is 13.2. The van der Waals surface area contributed by atoms with E-state index in [2.05, 4.69) is 15.7 Å². The van der Waals surface area contributed by atoms with E-state index in [9.17, 15) is 8.42 Å². The van der Waals surface area contributed by atoms with Crippen LogP contribution in [0.2, 0.25) is 0 Å². The number of hydrogen-bond donors (Lipinski definition) is 3. The van der Waals surface area contributed by atoms with Crippen LogP contribution < -0.4 is 15.8 Å². The number of hydrogen-bond acceptors (Lipinski definition) is 4. The number of thiocarbonyl (C=S) groups is 1. The number of primary sulfonamides is 1. The van der Waals surface area contributed by atoms with Crippen molar-refractivity contribution in [2.45, 2.75) is 25.3 Å². The number of nitrogens with one attached hydrogen (secondary N) is 2. The number of sulfonamides is 1. The van der Waals surface area contributed by atoms with Gasteiger partial charge in [-0.2, -0.15) is 5.10 Å². The molecule has 0 fully saturated rings. The van der Waals surface area contributed by atoms with Gasteiger partial charge in [-0.25, -0.2) is 13.6 Å². The smallest absolute Gasteiger partial charge is 0.238 e. The summed E-state index contributed by atoms with van der Waals surface area (Å²) in [5.74, 6) is 0. The lowest BCUT2D eigenvalue weighted by atomic mass is 10.2. The number of benzene rings is 2. The molecule has 28 heavy (non-hydrogen) atoms. The molecule has 1 heterocycles. The zero-order valence-electron chi connectivity index (χ0n) is 15.5. The first kappa shape index (κ1) is 20.0. The number of rotatable bonds is 5. The first-order valence-electron chi connectivity index (χ1n) is 8.51. The van der Waals surface area contributed by atoms with Gasteiger partial charge in [0.1, 0.15) is 0 Å². The quantitative estimate of drug-likeness (QED) is 0.554. The molecule has 0 unspecified atom stereocenters. The zero-order chi connectivity index (χ0) is 20.3. The molecule has 4 N–H and O–H groups in total. The van der Waals surface area contributed by atoms with Crippen LogP contribution in [0.15, 0.2) is 59.5 Å². The lowest BCUT2D eigenvalue weighted by Gasteiger charge is -2.12. The maximum absolute atomic E-state index is 11.3. The molecular formula is C19H21N5O2S2. The molecule has 0 aliphatic rings. The third-order valence-electron chi connectivity index (χ3n) is 4.06. The van der Waals surface area contributed by atoms with Gasteiger partial charge in [-0.15, -0.1) is 0 Å². The highest BCUT2D eigenvalue weighted by Gasteiger charge is 2.08. The van der Waals surface area contributed by atoms with Gasteiger partial charge in [0, 0.05) is 17.1 Å². The van der Waals surface area contributed by atoms with Crippen LogP contribution in [0, 0.1) is 13.8 Å². The zero-order valence-corrected chi connectivity index (χ0v) is 17.1. The van der Waals surface area contributed by atoms with E-state index in [4.69, 9.17) is 17.4 Å². The highest BCUT2D eigenvalue weighted by molar-refractivity contribution is 7.89. The molecule has 3 rings (SSSR count). The average Bonchev–Trinajstić information content (AvgIpc) is 2.92. The molecule has 1 aromatic heterocycles.